The zero-order chi connectivity index (χ0) is 15.6. The van der Waals surface area contributed by atoms with E-state index in [2.05, 4.69) is 33.8 Å². The molecule has 0 bridgehead atoms. The van der Waals surface area contributed by atoms with Gasteiger partial charge in [-0.3, -0.25) is 0 Å². The summed E-state index contributed by atoms with van der Waals surface area (Å²) in [6, 6.07) is 20.7. The Morgan fingerprint density at radius 2 is 1.41 bits per heavy atom. The van der Waals surface area contributed by atoms with E-state index in [1.807, 2.05) is 42.6 Å². The molecule has 0 amide bonds. The Bertz CT molecular complexity index is 687. The molecule has 2 aromatic carbocycles. The average molecular weight is 292 g/mol. The van der Waals surface area contributed by atoms with Gasteiger partial charge < -0.3 is 9.67 Å². The van der Waals surface area contributed by atoms with E-state index in [1.54, 1.807) is 20.2 Å². The molecule has 1 aromatic heterocycles. The van der Waals surface area contributed by atoms with Crippen LogP contribution in [-0.2, 0) is 5.60 Å². The molecule has 0 unspecified atom stereocenters. The lowest BCUT2D eigenvalue weighted by Gasteiger charge is -2.20. The lowest BCUT2D eigenvalue weighted by atomic mass is 9.98. The quantitative estimate of drug-likeness (QED) is 0.795. The van der Waals surface area contributed by atoms with Gasteiger partial charge >= 0.3 is 0 Å². The van der Waals surface area contributed by atoms with Crippen LogP contribution in [0.25, 0.3) is 0 Å². The Labute approximate surface area is 130 Å². The summed E-state index contributed by atoms with van der Waals surface area (Å²) in [5.41, 5.74) is 2.11. The topological polar surface area (TPSA) is 38.0 Å². The van der Waals surface area contributed by atoms with E-state index in [4.69, 9.17) is 0 Å². The highest BCUT2D eigenvalue weighted by atomic mass is 16.3. The smallest absolute Gasteiger partial charge is 0.102 e. The molecule has 1 heterocycles. The molecule has 3 heteroatoms. The first kappa shape index (κ1) is 14.5. The van der Waals surface area contributed by atoms with Crippen molar-refractivity contribution in [3.63, 3.8) is 0 Å². The number of aromatic nitrogens is 2. The summed E-state index contributed by atoms with van der Waals surface area (Å²) < 4.78 is 2.05. The van der Waals surface area contributed by atoms with Crippen LogP contribution < -0.4 is 0 Å². The second-order valence-corrected chi connectivity index (χ2v) is 5.99. The second-order valence-electron chi connectivity index (χ2n) is 5.99. The van der Waals surface area contributed by atoms with Crippen LogP contribution in [0.3, 0.4) is 0 Å². The zero-order valence-electron chi connectivity index (χ0n) is 12.8. The highest BCUT2D eigenvalue weighted by Crippen LogP contribution is 2.28. The fourth-order valence-electron chi connectivity index (χ4n) is 2.60. The van der Waals surface area contributed by atoms with Gasteiger partial charge in [0.25, 0.3) is 0 Å². The first-order valence-electron chi connectivity index (χ1n) is 7.42. The van der Waals surface area contributed by atoms with Crippen LogP contribution in [0.4, 0.5) is 0 Å². The van der Waals surface area contributed by atoms with Gasteiger partial charge in [0.1, 0.15) is 5.60 Å². The lowest BCUT2D eigenvalue weighted by molar-refractivity contribution is 0.0742. The lowest BCUT2D eigenvalue weighted by Crippen LogP contribution is -2.16. The number of nitrogens with zero attached hydrogens (tertiary/aromatic N) is 2. The van der Waals surface area contributed by atoms with E-state index in [0.29, 0.717) is 5.69 Å². The van der Waals surface area contributed by atoms with Gasteiger partial charge in [-0.15, -0.1) is 0 Å². The molecule has 0 spiro atoms. The minimum absolute atomic E-state index is 0.0472. The molecule has 22 heavy (non-hydrogen) atoms. The highest BCUT2D eigenvalue weighted by Gasteiger charge is 2.22. The van der Waals surface area contributed by atoms with Crippen LogP contribution in [0.5, 0.6) is 0 Å². The number of benzene rings is 2. The van der Waals surface area contributed by atoms with Gasteiger partial charge in [-0.05, 0) is 25.0 Å². The minimum atomic E-state index is -0.941. The van der Waals surface area contributed by atoms with Crippen LogP contribution in [-0.4, -0.2) is 14.7 Å². The van der Waals surface area contributed by atoms with Crippen molar-refractivity contribution >= 4 is 0 Å². The van der Waals surface area contributed by atoms with Crippen LogP contribution in [0.1, 0.15) is 36.7 Å². The molecule has 0 atom stereocenters. The molecule has 0 aliphatic carbocycles. The summed E-state index contributed by atoms with van der Waals surface area (Å²) in [5.74, 6) is 0. The Morgan fingerprint density at radius 1 is 0.909 bits per heavy atom. The monoisotopic (exact) mass is 292 g/mol. The van der Waals surface area contributed by atoms with Crippen molar-refractivity contribution in [2.45, 2.75) is 25.5 Å². The molecule has 112 valence electrons. The summed E-state index contributed by atoms with van der Waals surface area (Å²) >= 11 is 0. The Kier molecular flexibility index (Phi) is 3.82. The van der Waals surface area contributed by atoms with Gasteiger partial charge in [0.2, 0.25) is 0 Å². The fraction of sp³-hybridized carbons (Fsp3) is 0.211. The van der Waals surface area contributed by atoms with Crippen molar-refractivity contribution in [1.29, 1.82) is 0 Å². The first-order chi connectivity index (χ1) is 10.6. The van der Waals surface area contributed by atoms with Gasteiger partial charge in [-0.25, -0.2) is 4.98 Å². The van der Waals surface area contributed by atoms with Crippen molar-refractivity contribution in [1.82, 2.24) is 9.55 Å². The molecule has 0 saturated heterocycles. The third-order valence-corrected chi connectivity index (χ3v) is 3.76. The van der Waals surface area contributed by atoms with E-state index in [-0.39, 0.29) is 6.04 Å². The summed E-state index contributed by atoms with van der Waals surface area (Å²) in [4.78, 5) is 4.37. The van der Waals surface area contributed by atoms with Crippen LogP contribution in [0.2, 0.25) is 0 Å². The van der Waals surface area contributed by atoms with Crippen molar-refractivity contribution < 1.29 is 5.11 Å². The molecule has 0 aliphatic heterocycles. The van der Waals surface area contributed by atoms with E-state index >= 15 is 0 Å². The van der Waals surface area contributed by atoms with E-state index in [1.165, 1.54) is 11.1 Å². The maximum absolute atomic E-state index is 10.1. The standard InChI is InChI=1S/C19H20N2O/c1-19(2,22)17-13-21(14-20-17)18(15-9-5-3-6-10-15)16-11-7-4-8-12-16/h3-14,18,22H,1-2H3. The van der Waals surface area contributed by atoms with Crippen molar-refractivity contribution in [2.24, 2.45) is 0 Å². The molecular formula is C19H20N2O. The van der Waals surface area contributed by atoms with Crippen molar-refractivity contribution in [3.8, 4) is 0 Å². The largest absolute Gasteiger partial charge is 0.384 e. The number of rotatable bonds is 4. The first-order valence-corrected chi connectivity index (χ1v) is 7.42. The number of hydrogen-bond acceptors (Lipinski definition) is 2. The predicted octanol–water partition coefficient (Wildman–Crippen LogP) is 3.75. The molecule has 0 saturated carbocycles. The molecule has 0 fully saturated rings. The SMILES string of the molecule is CC(C)(O)c1cn(C(c2ccccc2)c2ccccc2)cn1. The third-order valence-electron chi connectivity index (χ3n) is 3.76. The Morgan fingerprint density at radius 3 is 1.82 bits per heavy atom. The van der Waals surface area contributed by atoms with Crippen molar-refractivity contribution in [2.75, 3.05) is 0 Å². The summed E-state index contributed by atoms with van der Waals surface area (Å²) in [6.45, 7) is 3.50. The minimum Gasteiger partial charge on any atom is -0.384 e. The average Bonchev–Trinajstić information content (AvgIpc) is 2.99. The predicted molar refractivity (Wildman–Crippen MR) is 87.6 cm³/mol. The van der Waals surface area contributed by atoms with Crippen LogP contribution in [0.15, 0.2) is 73.2 Å². The number of hydrogen-bond donors (Lipinski definition) is 1. The van der Waals surface area contributed by atoms with Gasteiger partial charge in [0.15, 0.2) is 0 Å². The maximum Gasteiger partial charge on any atom is 0.102 e. The van der Waals surface area contributed by atoms with E-state index < -0.39 is 5.60 Å². The van der Waals surface area contributed by atoms with E-state index in [9.17, 15) is 5.11 Å². The van der Waals surface area contributed by atoms with Crippen LogP contribution in [0, 0.1) is 0 Å². The summed E-state index contributed by atoms with van der Waals surface area (Å²) in [5, 5.41) is 10.1. The summed E-state index contributed by atoms with van der Waals surface area (Å²) in [7, 11) is 0. The van der Waals surface area contributed by atoms with Gasteiger partial charge in [0, 0.05) is 6.20 Å². The molecule has 3 rings (SSSR count). The molecular weight excluding hydrogens is 272 g/mol. The van der Waals surface area contributed by atoms with Gasteiger partial charge in [0.05, 0.1) is 18.1 Å². The van der Waals surface area contributed by atoms with Gasteiger partial charge in [-0.1, -0.05) is 60.7 Å². The molecule has 0 aliphatic rings. The maximum atomic E-state index is 10.1. The number of imidazole rings is 1. The highest BCUT2D eigenvalue weighted by molar-refractivity contribution is 5.33. The van der Waals surface area contributed by atoms with E-state index in [0.717, 1.165) is 0 Å². The number of aliphatic hydroxyl groups is 1. The fourth-order valence-corrected chi connectivity index (χ4v) is 2.60. The Hall–Kier alpha value is -2.39. The molecule has 0 radical (unpaired) electrons. The molecule has 1 N–H and O–H groups in total. The molecule has 3 nitrogen and oxygen atoms in total. The normalized spacial score (nSPS) is 11.8. The molecule has 3 aromatic rings. The Balaban J connectivity index is 2.09. The van der Waals surface area contributed by atoms with Crippen LogP contribution >= 0.6 is 0 Å². The third kappa shape index (κ3) is 2.95. The summed E-state index contributed by atoms with van der Waals surface area (Å²) in [6.07, 6.45) is 3.71. The zero-order valence-corrected chi connectivity index (χ0v) is 12.8. The van der Waals surface area contributed by atoms with Gasteiger partial charge in [-0.2, -0.15) is 0 Å². The van der Waals surface area contributed by atoms with Crippen molar-refractivity contribution in [3.05, 3.63) is 90.0 Å². The second kappa shape index (κ2) is 5.78.